The van der Waals surface area contributed by atoms with Crippen LogP contribution in [0.3, 0.4) is 0 Å². The molecule has 0 spiro atoms. The van der Waals surface area contributed by atoms with Gasteiger partial charge in [0, 0.05) is 0 Å². The van der Waals surface area contributed by atoms with Gasteiger partial charge in [-0.15, -0.1) is 0 Å². The summed E-state index contributed by atoms with van der Waals surface area (Å²) in [5.41, 5.74) is -0.668. The van der Waals surface area contributed by atoms with Crippen LogP contribution >= 0.6 is 11.6 Å². The van der Waals surface area contributed by atoms with Gasteiger partial charge in [-0.2, -0.15) is 13.2 Å². The molecule has 0 aliphatic heterocycles. The van der Waals surface area contributed by atoms with Crippen LogP contribution in [0.25, 0.3) is 0 Å². The summed E-state index contributed by atoms with van der Waals surface area (Å²) in [6.07, 6.45) is -5.91. The normalized spacial score (nSPS) is 11.2. The van der Waals surface area contributed by atoms with Crippen LogP contribution in [0, 0.1) is 0 Å². The van der Waals surface area contributed by atoms with Crippen molar-refractivity contribution in [1.29, 1.82) is 0 Å². The summed E-state index contributed by atoms with van der Waals surface area (Å²) in [4.78, 5) is 12.2. The number of hydrogen-bond donors (Lipinski definition) is 1. The van der Waals surface area contributed by atoms with Gasteiger partial charge in [-0.3, -0.25) is 0 Å². The Morgan fingerprint density at radius 1 is 1.05 bits per heavy atom. The van der Waals surface area contributed by atoms with Gasteiger partial charge in [-0.1, -0.05) is 29.8 Å². The highest BCUT2D eigenvalue weighted by Crippen LogP contribution is 2.37. The number of amides is 1. The maximum atomic E-state index is 12.6. The molecule has 1 amide bonds. The molecule has 3 nitrogen and oxygen atoms in total. The number of carbonyl (C=O) groups is 1. The molecule has 0 unspecified atom stereocenters. The molecule has 0 atom stereocenters. The molecule has 21 heavy (non-hydrogen) atoms. The molecule has 2 aromatic carbocycles. The first-order valence-corrected chi connectivity index (χ1v) is 6.13. The second kappa shape index (κ2) is 5.65. The van der Waals surface area contributed by atoms with E-state index in [2.05, 4.69) is 0 Å². The molecule has 0 aromatic heterocycles. The highest BCUT2D eigenvalue weighted by Gasteiger charge is 2.33. The van der Waals surface area contributed by atoms with Crippen molar-refractivity contribution in [2.24, 2.45) is 0 Å². The Kier molecular flexibility index (Phi) is 4.09. The van der Waals surface area contributed by atoms with Crippen molar-refractivity contribution < 1.29 is 23.1 Å². The molecule has 0 bridgehead atoms. The molecule has 2 aromatic rings. The van der Waals surface area contributed by atoms with Gasteiger partial charge in [-0.25, -0.2) is 9.69 Å². The van der Waals surface area contributed by atoms with Gasteiger partial charge >= 0.3 is 12.3 Å². The fourth-order valence-corrected chi connectivity index (χ4v) is 2.10. The number of rotatable bonds is 2. The number of nitrogens with zero attached hydrogens (tertiary/aromatic N) is 1. The molecular weight excluding hydrogens is 307 g/mol. The van der Waals surface area contributed by atoms with Gasteiger partial charge < -0.3 is 5.11 Å². The summed E-state index contributed by atoms with van der Waals surface area (Å²) in [6, 6.07) is 10.8. The Labute approximate surface area is 123 Å². The maximum Gasteiger partial charge on any atom is 0.417 e. The van der Waals surface area contributed by atoms with Gasteiger partial charge in [0.05, 0.1) is 22.0 Å². The predicted octanol–water partition coefficient (Wildman–Crippen LogP) is 5.17. The lowest BCUT2D eigenvalue weighted by Gasteiger charge is -2.20. The molecule has 0 saturated heterocycles. The van der Waals surface area contributed by atoms with Crippen molar-refractivity contribution in [3.05, 3.63) is 59.1 Å². The third-order valence-corrected chi connectivity index (χ3v) is 3.03. The van der Waals surface area contributed by atoms with Crippen molar-refractivity contribution in [1.82, 2.24) is 0 Å². The van der Waals surface area contributed by atoms with E-state index in [1.54, 1.807) is 18.2 Å². The first-order chi connectivity index (χ1) is 9.80. The zero-order valence-corrected chi connectivity index (χ0v) is 11.2. The minimum atomic E-state index is -4.59. The Bertz CT molecular complexity index is 659. The molecule has 0 radical (unpaired) electrons. The second-order valence-corrected chi connectivity index (χ2v) is 4.52. The molecule has 0 aliphatic carbocycles. The summed E-state index contributed by atoms with van der Waals surface area (Å²) in [6.45, 7) is 0. The minimum absolute atomic E-state index is 0.0340. The molecule has 0 saturated carbocycles. The largest absolute Gasteiger partial charge is 0.464 e. The standard InChI is InChI=1S/C14H9ClF3NO2/c15-12-8-10(6-7-11(12)14(16,17)18)19(13(20)21)9-4-2-1-3-5-9/h1-8H,(H,20,21). The molecular formula is C14H9ClF3NO2. The summed E-state index contributed by atoms with van der Waals surface area (Å²) in [5, 5.41) is 8.71. The van der Waals surface area contributed by atoms with Crippen LogP contribution in [0.2, 0.25) is 5.02 Å². The lowest BCUT2D eigenvalue weighted by molar-refractivity contribution is -0.137. The van der Waals surface area contributed by atoms with Gasteiger partial charge in [-0.05, 0) is 30.3 Å². The number of alkyl halides is 3. The van der Waals surface area contributed by atoms with Crippen molar-refractivity contribution in [2.75, 3.05) is 4.90 Å². The van der Waals surface area contributed by atoms with Crippen LogP contribution < -0.4 is 4.90 Å². The first-order valence-electron chi connectivity index (χ1n) is 5.75. The van der Waals surface area contributed by atoms with Crippen molar-refractivity contribution in [3.63, 3.8) is 0 Å². The van der Waals surface area contributed by atoms with Crippen molar-refractivity contribution in [2.45, 2.75) is 6.18 Å². The second-order valence-electron chi connectivity index (χ2n) is 4.12. The Balaban J connectivity index is 2.49. The van der Waals surface area contributed by atoms with E-state index in [0.717, 1.165) is 23.1 Å². The minimum Gasteiger partial charge on any atom is -0.464 e. The fourth-order valence-electron chi connectivity index (χ4n) is 1.82. The monoisotopic (exact) mass is 315 g/mol. The summed E-state index contributed by atoms with van der Waals surface area (Å²) in [5.74, 6) is 0. The number of benzene rings is 2. The SMILES string of the molecule is O=C(O)N(c1ccccc1)c1ccc(C(F)(F)F)c(Cl)c1. The van der Waals surface area contributed by atoms with Crippen molar-refractivity contribution >= 4 is 29.1 Å². The highest BCUT2D eigenvalue weighted by atomic mass is 35.5. The molecule has 0 heterocycles. The van der Waals surface area contributed by atoms with E-state index in [4.69, 9.17) is 11.6 Å². The van der Waals surface area contributed by atoms with E-state index in [-0.39, 0.29) is 5.69 Å². The summed E-state index contributed by atoms with van der Waals surface area (Å²) in [7, 11) is 0. The Morgan fingerprint density at radius 2 is 1.67 bits per heavy atom. The quantitative estimate of drug-likeness (QED) is 0.830. The fraction of sp³-hybridized carbons (Fsp3) is 0.0714. The lowest BCUT2D eigenvalue weighted by atomic mass is 10.1. The van der Waals surface area contributed by atoms with E-state index in [1.807, 2.05) is 0 Å². The van der Waals surface area contributed by atoms with Crippen molar-refractivity contribution in [3.8, 4) is 0 Å². The lowest BCUT2D eigenvalue weighted by Crippen LogP contribution is -2.23. The smallest absolute Gasteiger partial charge is 0.417 e. The van der Waals surface area contributed by atoms with Crippen LogP contribution in [0.1, 0.15) is 5.56 Å². The zero-order valence-electron chi connectivity index (χ0n) is 10.4. The van der Waals surface area contributed by atoms with Gasteiger partial charge in [0.2, 0.25) is 0 Å². The van der Waals surface area contributed by atoms with Crippen LogP contribution in [0.5, 0.6) is 0 Å². The average molecular weight is 316 g/mol. The topological polar surface area (TPSA) is 40.5 Å². The van der Waals surface area contributed by atoms with Gasteiger partial charge in [0.25, 0.3) is 0 Å². The van der Waals surface area contributed by atoms with Crippen LogP contribution in [-0.2, 0) is 6.18 Å². The molecule has 7 heteroatoms. The first kappa shape index (κ1) is 15.2. The number of hydrogen-bond acceptors (Lipinski definition) is 1. The maximum absolute atomic E-state index is 12.6. The van der Waals surface area contributed by atoms with E-state index in [0.29, 0.717) is 5.69 Å². The Hall–Kier alpha value is -2.21. The summed E-state index contributed by atoms with van der Waals surface area (Å²) < 4.78 is 37.9. The molecule has 1 N–H and O–H groups in total. The predicted molar refractivity (Wildman–Crippen MR) is 73.1 cm³/mol. The number of anilines is 2. The van der Waals surface area contributed by atoms with E-state index >= 15 is 0 Å². The Morgan fingerprint density at radius 3 is 2.14 bits per heavy atom. The number of para-hydroxylation sites is 1. The number of halogens is 4. The molecule has 0 fully saturated rings. The van der Waals surface area contributed by atoms with Crippen LogP contribution in [-0.4, -0.2) is 11.2 Å². The molecule has 0 aliphatic rings. The van der Waals surface area contributed by atoms with Gasteiger partial charge in [0.1, 0.15) is 0 Å². The zero-order chi connectivity index (χ0) is 15.6. The van der Waals surface area contributed by atoms with Gasteiger partial charge in [0.15, 0.2) is 0 Å². The average Bonchev–Trinajstić information content (AvgIpc) is 2.38. The van der Waals surface area contributed by atoms with E-state index in [1.165, 1.54) is 12.1 Å². The third-order valence-electron chi connectivity index (χ3n) is 2.72. The van der Waals surface area contributed by atoms with E-state index < -0.39 is 22.9 Å². The summed E-state index contributed by atoms with van der Waals surface area (Å²) >= 11 is 5.61. The highest BCUT2D eigenvalue weighted by molar-refractivity contribution is 6.31. The number of carboxylic acid groups (broad SMARTS) is 1. The van der Waals surface area contributed by atoms with Crippen LogP contribution in [0.15, 0.2) is 48.5 Å². The third kappa shape index (κ3) is 3.28. The van der Waals surface area contributed by atoms with Crippen LogP contribution in [0.4, 0.5) is 29.3 Å². The van der Waals surface area contributed by atoms with E-state index in [9.17, 15) is 23.1 Å². The molecule has 110 valence electrons. The molecule has 2 rings (SSSR count).